The van der Waals surface area contributed by atoms with E-state index in [-0.39, 0.29) is 0 Å². The Kier molecular flexibility index (Phi) is 3.22. The fourth-order valence-electron chi connectivity index (χ4n) is 1.02. The maximum absolute atomic E-state index is 9.25. The van der Waals surface area contributed by atoms with Gasteiger partial charge < -0.3 is 15.6 Å². The number of nitrogens with zero attached hydrogens (tertiary/aromatic N) is 1. The highest BCUT2D eigenvalue weighted by Crippen LogP contribution is 2.17. The van der Waals surface area contributed by atoms with E-state index in [4.69, 9.17) is 10.5 Å². The van der Waals surface area contributed by atoms with Crippen molar-refractivity contribution in [2.24, 2.45) is 5.73 Å². The van der Waals surface area contributed by atoms with Crippen LogP contribution in [0.2, 0.25) is 0 Å². The molecule has 3 N–H and O–H groups in total. The highest BCUT2D eigenvalue weighted by Gasteiger charge is 2.12. The van der Waals surface area contributed by atoms with Crippen LogP contribution in [0.3, 0.4) is 0 Å². The molecule has 0 aliphatic rings. The SMILES string of the molecule is COc1cc(C(N)C(C)O)ccn1. The first-order valence-electron chi connectivity index (χ1n) is 4.08. The fourth-order valence-corrected chi connectivity index (χ4v) is 1.02. The lowest BCUT2D eigenvalue weighted by Crippen LogP contribution is -2.23. The molecule has 0 aliphatic heterocycles. The van der Waals surface area contributed by atoms with E-state index in [9.17, 15) is 5.11 Å². The van der Waals surface area contributed by atoms with Gasteiger partial charge in [-0.25, -0.2) is 4.98 Å². The molecule has 13 heavy (non-hydrogen) atoms. The van der Waals surface area contributed by atoms with Gasteiger partial charge in [0.25, 0.3) is 0 Å². The van der Waals surface area contributed by atoms with E-state index in [2.05, 4.69) is 4.98 Å². The maximum Gasteiger partial charge on any atom is 0.213 e. The Morgan fingerprint density at radius 1 is 1.62 bits per heavy atom. The van der Waals surface area contributed by atoms with Crippen molar-refractivity contribution in [3.05, 3.63) is 23.9 Å². The Hall–Kier alpha value is -1.13. The normalized spacial score (nSPS) is 15.1. The lowest BCUT2D eigenvalue weighted by molar-refractivity contribution is 0.164. The summed E-state index contributed by atoms with van der Waals surface area (Å²) < 4.78 is 4.94. The molecule has 0 aliphatic carbocycles. The van der Waals surface area contributed by atoms with Crippen LogP contribution in [0.4, 0.5) is 0 Å². The molecule has 0 radical (unpaired) electrons. The average molecular weight is 182 g/mol. The Morgan fingerprint density at radius 3 is 2.85 bits per heavy atom. The van der Waals surface area contributed by atoms with Gasteiger partial charge in [0.1, 0.15) is 0 Å². The van der Waals surface area contributed by atoms with Crippen molar-refractivity contribution >= 4 is 0 Å². The molecule has 0 fully saturated rings. The topological polar surface area (TPSA) is 68.4 Å². The van der Waals surface area contributed by atoms with E-state index < -0.39 is 12.1 Å². The van der Waals surface area contributed by atoms with E-state index >= 15 is 0 Å². The van der Waals surface area contributed by atoms with Crippen LogP contribution in [0.5, 0.6) is 5.88 Å². The van der Waals surface area contributed by atoms with Gasteiger partial charge in [0.05, 0.1) is 19.3 Å². The van der Waals surface area contributed by atoms with Crippen molar-refractivity contribution < 1.29 is 9.84 Å². The molecule has 1 heterocycles. The molecule has 1 aromatic rings. The van der Waals surface area contributed by atoms with Crippen molar-refractivity contribution in [1.29, 1.82) is 0 Å². The van der Waals surface area contributed by atoms with Crippen molar-refractivity contribution in [3.63, 3.8) is 0 Å². The van der Waals surface area contributed by atoms with Gasteiger partial charge in [-0.3, -0.25) is 0 Å². The molecule has 0 aromatic carbocycles. The van der Waals surface area contributed by atoms with Crippen LogP contribution in [0.15, 0.2) is 18.3 Å². The molecule has 2 atom stereocenters. The molecule has 72 valence electrons. The zero-order valence-corrected chi connectivity index (χ0v) is 7.77. The van der Waals surface area contributed by atoms with Crippen molar-refractivity contribution in [1.82, 2.24) is 4.98 Å². The molecule has 0 bridgehead atoms. The van der Waals surface area contributed by atoms with E-state index in [0.29, 0.717) is 5.88 Å². The second kappa shape index (κ2) is 4.20. The van der Waals surface area contributed by atoms with Crippen LogP contribution < -0.4 is 10.5 Å². The van der Waals surface area contributed by atoms with Crippen LogP contribution in [0.1, 0.15) is 18.5 Å². The van der Waals surface area contributed by atoms with Crippen LogP contribution >= 0.6 is 0 Å². The highest BCUT2D eigenvalue weighted by atomic mass is 16.5. The third-order valence-corrected chi connectivity index (χ3v) is 1.87. The number of ether oxygens (including phenoxy) is 1. The molecule has 1 aromatic heterocycles. The molecule has 0 saturated carbocycles. The van der Waals surface area contributed by atoms with E-state index in [1.165, 1.54) is 0 Å². The summed E-state index contributed by atoms with van der Waals surface area (Å²) >= 11 is 0. The predicted molar refractivity (Wildman–Crippen MR) is 49.4 cm³/mol. The summed E-state index contributed by atoms with van der Waals surface area (Å²) in [4.78, 5) is 3.94. The molecule has 4 heteroatoms. The maximum atomic E-state index is 9.25. The second-order valence-corrected chi connectivity index (χ2v) is 2.90. The first-order valence-corrected chi connectivity index (χ1v) is 4.08. The Bertz CT molecular complexity index is 276. The van der Waals surface area contributed by atoms with Gasteiger partial charge in [-0.15, -0.1) is 0 Å². The Balaban J connectivity index is 2.88. The first-order chi connectivity index (χ1) is 6.15. The number of methoxy groups -OCH3 is 1. The quantitative estimate of drug-likeness (QED) is 0.713. The number of pyridine rings is 1. The predicted octanol–water partition coefficient (Wildman–Crippen LogP) is 0.471. The summed E-state index contributed by atoms with van der Waals surface area (Å²) in [5, 5.41) is 9.25. The average Bonchev–Trinajstić information content (AvgIpc) is 2.16. The summed E-state index contributed by atoms with van der Waals surface area (Å²) in [6.45, 7) is 1.65. The second-order valence-electron chi connectivity index (χ2n) is 2.90. The third kappa shape index (κ3) is 2.40. The monoisotopic (exact) mass is 182 g/mol. The van der Waals surface area contributed by atoms with Crippen LogP contribution in [-0.2, 0) is 0 Å². The number of rotatable bonds is 3. The third-order valence-electron chi connectivity index (χ3n) is 1.87. The van der Waals surface area contributed by atoms with Gasteiger partial charge in [0, 0.05) is 12.3 Å². The molecule has 4 nitrogen and oxygen atoms in total. The summed E-state index contributed by atoms with van der Waals surface area (Å²) in [6, 6.07) is 3.09. The van der Waals surface area contributed by atoms with E-state index in [1.807, 2.05) is 0 Å². The lowest BCUT2D eigenvalue weighted by atomic mass is 10.1. The van der Waals surface area contributed by atoms with Crippen molar-refractivity contribution in [2.45, 2.75) is 19.1 Å². The zero-order chi connectivity index (χ0) is 9.84. The van der Waals surface area contributed by atoms with Gasteiger partial charge in [0.2, 0.25) is 5.88 Å². The summed E-state index contributed by atoms with van der Waals surface area (Å²) in [5.74, 6) is 0.508. The number of aliphatic hydroxyl groups excluding tert-OH is 1. The van der Waals surface area contributed by atoms with Crippen LogP contribution in [0, 0.1) is 0 Å². The van der Waals surface area contributed by atoms with Gasteiger partial charge in [-0.05, 0) is 18.6 Å². The molecule has 2 unspecified atom stereocenters. The molecular weight excluding hydrogens is 168 g/mol. The van der Waals surface area contributed by atoms with Crippen LogP contribution in [0.25, 0.3) is 0 Å². The van der Waals surface area contributed by atoms with Crippen LogP contribution in [-0.4, -0.2) is 23.3 Å². The number of hydrogen-bond donors (Lipinski definition) is 2. The minimum absolute atomic E-state index is 0.392. The molecule has 0 amide bonds. The smallest absolute Gasteiger partial charge is 0.213 e. The highest BCUT2D eigenvalue weighted by molar-refractivity contribution is 5.23. The summed E-state index contributed by atoms with van der Waals surface area (Å²) in [5.41, 5.74) is 6.55. The Labute approximate surface area is 77.4 Å². The van der Waals surface area contributed by atoms with E-state index in [1.54, 1.807) is 32.4 Å². The van der Waals surface area contributed by atoms with E-state index in [0.717, 1.165) is 5.56 Å². The standard InChI is InChI=1S/C9H14N2O2/c1-6(12)9(10)7-3-4-11-8(5-7)13-2/h3-6,9,12H,10H2,1-2H3. The Morgan fingerprint density at radius 2 is 2.31 bits per heavy atom. The number of aromatic nitrogens is 1. The van der Waals surface area contributed by atoms with Gasteiger partial charge in [-0.1, -0.05) is 0 Å². The fraction of sp³-hybridized carbons (Fsp3) is 0.444. The first kappa shape index (κ1) is 9.95. The van der Waals surface area contributed by atoms with Gasteiger partial charge in [0.15, 0.2) is 0 Å². The van der Waals surface area contributed by atoms with Gasteiger partial charge in [-0.2, -0.15) is 0 Å². The molecule has 0 saturated heterocycles. The summed E-state index contributed by atoms with van der Waals surface area (Å²) in [6.07, 6.45) is 1.03. The number of aliphatic hydroxyl groups is 1. The summed E-state index contributed by atoms with van der Waals surface area (Å²) in [7, 11) is 1.54. The molecular formula is C9H14N2O2. The molecule has 0 spiro atoms. The van der Waals surface area contributed by atoms with Crippen molar-refractivity contribution in [2.75, 3.05) is 7.11 Å². The van der Waals surface area contributed by atoms with Crippen molar-refractivity contribution in [3.8, 4) is 5.88 Å². The number of nitrogens with two attached hydrogens (primary N) is 1. The zero-order valence-electron chi connectivity index (χ0n) is 7.77. The largest absolute Gasteiger partial charge is 0.481 e. The van der Waals surface area contributed by atoms with Gasteiger partial charge >= 0.3 is 0 Å². The lowest BCUT2D eigenvalue weighted by Gasteiger charge is -2.14. The molecule has 1 rings (SSSR count). The minimum Gasteiger partial charge on any atom is -0.481 e. The minimum atomic E-state index is -0.577. The number of hydrogen-bond acceptors (Lipinski definition) is 4.